The Kier molecular flexibility index (Phi) is 9.76. The molecule has 172 valence electrons. The van der Waals surface area contributed by atoms with Gasteiger partial charge >= 0.3 is 0 Å². The molecule has 1 atom stereocenters. The lowest BCUT2D eigenvalue weighted by Crippen LogP contribution is -2.39. The van der Waals surface area contributed by atoms with Crippen molar-refractivity contribution in [2.75, 3.05) is 19.6 Å². The van der Waals surface area contributed by atoms with E-state index in [4.69, 9.17) is 0 Å². The molecule has 1 aromatic carbocycles. The third-order valence-corrected chi connectivity index (χ3v) is 7.18. The minimum absolute atomic E-state index is 0. The summed E-state index contributed by atoms with van der Waals surface area (Å²) in [5.41, 5.74) is 2.01. The summed E-state index contributed by atoms with van der Waals surface area (Å²) in [6.45, 7) is 7.16. The Bertz CT molecular complexity index is 959. The van der Waals surface area contributed by atoms with Crippen LogP contribution in [0.25, 0.3) is 0 Å². The van der Waals surface area contributed by atoms with Crippen molar-refractivity contribution in [3.63, 3.8) is 0 Å². The molecule has 0 radical (unpaired) electrons. The number of piperidine rings is 1. The van der Waals surface area contributed by atoms with E-state index in [0.29, 0.717) is 43.0 Å². The number of aliphatic imine (C=N–C) groups is 1. The van der Waals surface area contributed by atoms with Crippen molar-refractivity contribution in [2.45, 2.75) is 44.7 Å². The number of aryl methyl sites for hydroxylation is 1. The Labute approximate surface area is 202 Å². The Morgan fingerprint density at radius 2 is 1.97 bits per heavy atom. The Balaban J connectivity index is 0.00000341. The largest absolute Gasteiger partial charge is 0.357 e. The van der Waals surface area contributed by atoms with Gasteiger partial charge in [-0.25, -0.2) is 13.4 Å². The standard InChI is InChI=1S/C21H32N6O2S.HI/c1-4-22-21(24-15-19-11-12-25-26(19)3)23-14-18-7-9-20(10-8-18)30(28,29)27-13-5-6-17(2)16-27;/h7-12,17H,4-6,13-16H2,1-3H3,(H2,22,23,24);1H. The molecule has 2 heterocycles. The number of hydrogen-bond acceptors (Lipinski definition) is 4. The van der Waals surface area contributed by atoms with E-state index in [9.17, 15) is 8.42 Å². The maximum atomic E-state index is 12.9. The van der Waals surface area contributed by atoms with Gasteiger partial charge in [-0.1, -0.05) is 19.1 Å². The van der Waals surface area contributed by atoms with Crippen molar-refractivity contribution >= 4 is 40.0 Å². The predicted octanol–water partition coefficient (Wildman–Crippen LogP) is 2.71. The van der Waals surface area contributed by atoms with Crippen LogP contribution in [0.15, 0.2) is 46.4 Å². The molecule has 2 aromatic rings. The zero-order valence-electron chi connectivity index (χ0n) is 18.4. The van der Waals surface area contributed by atoms with Gasteiger partial charge in [-0.05, 0) is 49.4 Å². The number of guanidine groups is 1. The zero-order valence-corrected chi connectivity index (χ0v) is 21.6. The van der Waals surface area contributed by atoms with Crippen molar-refractivity contribution in [1.82, 2.24) is 24.7 Å². The second kappa shape index (κ2) is 11.8. The number of hydrogen-bond donors (Lipinski definition) is 2. The summed E-state index contributed by atoms with van der Waals surface area (Å²) >= 11 is 0. The molecule has 1 unspecified atom stereocenters. The van der Waals surface area contributed by atoms with Crippen LogP contribution in [-0.4, -0.2) is 48.1 Å². The van der Waals surface area contributed by atoms with Crippen molar-refractivity contribution in [3.8, 4) is 0 Å². The Morgan fingerprint density at radius 1 is 1.23 bits per heavy atom. The summed E-state index contributed by atoms with van der Waals surface area (Å²) < 4.78 is 29.2. The van der Waals surface area contributed by atoms with E-state index in [0.717, 1.165) is 30.6 Å². The normalized spacial score (nSPS) is 17.8. The Hall–Kier alpha value is -1.66. The summed E-state index contributed by atoms with van der Waals surface area (Å²) in [6.07, 6.45) is 3.78. The van der Waals surface area contributed by atoms with Gasteiger partial charge in [-0.2, -0.15) is 9.40 Å². The van der Waals surface area contributed by atoms with Gasteiger partial charge in [-0.15, -0.1) is 24.0 Å². The molecular weight excluding hydrogens is 527 g/mol. The molecule has 31 heavy (non-hydrogen) atoms. The second-order valence-electron chi connectivity index (χ2n) is 7.75. The molecule has 2 N–H and O–H groups in total. The number of halogens is 1. The average molecular weight is 561 g/mol. The monoisotopic (exact) mass is 560 g/mol. The van der Waals surface area contributed by atoms with Crippen LogP contribution >= 0.6 is 24.0 Å². The van der Waals surface area contributed by atoms with Gasteiger partial charge in [0.1, 0.15) is 0 Å². The minimum Gasteiger partial charge on any atom is -0.357 e. The highest BCUT2D eigenvalue weighted by molar-refractivity contribution is 14.0. The molecular formula is C21H33IN6O2S. The summed E-state index contributed by atoms with van der Waals surface area (Å²) in [5, 5.41) is 10.7. The molecule has 1 fully saturated rings. The number of benzene rings is 1. The van der Waals surface area contributed by atoms with Crippen molar-refractivity contribution in [1.29, 1.82) is 0 Å². The molecule has 0 amide bonds. The van der Waals surface area contributed by atoms with Crippen LogP contribution < -0.4 is 10.6 Å². The van der Waals surface area contributed by atoms with Crippen LogP contribution in [0.2, 0.25) is 0 Å². The molecule has 0 saturated carbocycles. The van der Waals surface area contributed by atoms with Gasteiger partial charge in [0.2, 0.25) is 10.0 Å². The highest BCUT2D eigenvalue weighted by atomic mass is 127. The lowest BCUT2D eigenvalue weighted by molar-refractivity contribution is 0.281. The van der Waals surface area contributed by atoms with E-state index in [1.165, 1.54) is 0 Å². The van der Waals surface area contributed by atoms with Crippen LogP contribution in [0.1, 0.15) is 37.9 Å². The maximum Gasteiger partial charge on any atom is 0.243 e. The van der Waals surface area contributed by atoms with Crippen LogP contribution in [0.4, 0.5) is 0 Å². The molecule has 3 rings (SSSR count). The minimum atomic E-state index is -3.42. The van der Waals surface area contributed by atoms with E-state index in [-0.39, 0.29) is 24.0 Å². The van der Waals surface area contributed by atoms with Crippen molar-refractivity contribution in [3.05, 3.63) is 47.8 Å². The van der Waals surface area contributed by atoms with Gasteiger partial charge < -0.3 is 10.6 Å². The molecule has 1 aliphatic rings. The first-order chi connectivity index (χ1) is 14.4. The molecule has 0 bridgehead atoms. The Morgan fingerprint density at radius 3 is 2.58 bits per heavy atom. The van der Waals surface area contributed by atoms with Gasteiger partial charge in [0, 0.05) is 32.9 Å². The first kappa shape index (κ1) is 25.6. The number of aromatic nitrogens is 2. The van der Waals surface area contributed by atoms with Crippen LogP contribution in [-0.2, 0) is 30.2 Å². The fraction of sp³-hybridized carbons (Fsp3) is 0.524. The van der Waals surface area contributed by atoms with Gasteiger partial charge in [0.05, 0.1) is 23.7 Å². The van der Waals surface area contributed by atoms with E-state index in [1.54, 1.807) is 22.6 Å². The zero-order chi connectivity index (χ0) is 21.6. The molecule has 0 aliphatic carbocycles. The van der Waals surface area contributed by atoms with E-state index < -0.39 is 10.0 Å². The maximum absolute atomic E-state index is 12.9. The third-order valence-electron chi connectivity index (χ3n) is 5.30. The SMILES string of the molecule is CCNC(=NCc1ccc(S(=O)(=O)N2CCCC(C)C2)cc1)NCc1ccnn1C.I. The molecule has 8 nitrogen and oxygen atoms in total. The highest BCUT2D eigenvalue weighted by Crippen LogP contribution is 2.23. The van der Waals surface area contributed by atoms with E-state index in [2.05, 4.69) is 27.6 Å². The average Bonchev–Trinajstić information content (AvgIpc) is 3.15. The lowest BCUT2D eigenvalue weighted by Gasteiger charge is -2.30. The molecule has 1 saturated heterocycles. The molecule has 10 heteroatoms. The lowest BCUT2D eigenvalue weighted by atomic mass is 10.0. The quantitative estimate of drug-likeness (QED) is 0.309. The van der Waals surface area contributed by atoms with Crippen molar-refractivity contribution < 1.29 is 8.42 Å². The highest BCUT2D eigenvalue weighted by Gasteiger charge is 2.28. The first-order valence-electron chi connectivity index (χ1n) is 10.5. The molecule has 0 spiro atoms. The third kappa shape index (κ3) is 6.91. The molecule has 1 aromatic heterocycles. The van der Waals surface area contributed by atoms with E-state index in [1.807, 2.05) is 36.9 Å². The summed E-state index contributed by atoms with van der Waals surface area (Å²) in [6, 6.07) is 9.02. The predicted molar refractivity (Wildman–Crippen MR) is 134 cm³/mol. The van der Waals surface area contributed by atoms with Gasteiger partial charge in [-0.3, -0.25) is 4.68 Å². The van der Waals surface area contributed by atoms with Crippen LogP contribution in [0.3, 0.4) is 0 Å². The van der Waals surface area contributed by atoms with Gasteiger partial charge in [0.15, 0.2) is 5.96 Å². The number of sulfonamides is 1. The van der Waals surface area contributed by atoms with Crippen LogP contribution in [0, 0.1) is 5.92 Å². The number of rotatable bonds is 7. The summed E-state index contributed by atoms with van der Waals surface area (Å²) in [5.74, 6) is 1.11. The topological polar surface area (TPSA) is 91.6 Å². The van der Waals surface area contributed by atoms with Crippen LogP contribution in [0.5, 0.6) is 0 Å². The number of nitrogens with zero attached hydrogens (tertiary/aromatic N) is 4. The summed E-state index contributed by atoms with van der Waals surface area (Å²) in [4.78, 5) is 4.96. The first-order valence-corrected chi connectivity index (χ1v) is 11.9. The molecule has 1 aliphatic heterocycles. The smallest absolute Gasteiger partial charge is 0.243 e. The fourth-order valence-electron chi connectivity index (χ4n) is 3.54. The number of nitrogens with one attached hydrogen (secondary N) is 2. The fourth-order valence-corrected chi connectivity index (χ4v) is 5.14. The van der Waals surface area contributed by atoms with Crippen molar-refractivity contribution in [2.24, 2.45) is 18.0 Å². The van der Waals surface area contributed by atoms with E-state index >= 15 is 0 Å². The van der Waals surface area contributed by atoms with Gasteiger partial charge in [0.25, 0.3) is 0 Å². The summed E-state index contributed by atoms with van der Waals surface area (Å²) in [7, 11) is -1.52. The second-order valence-corrected chi connectivity index (χ2v) is 9.69.